The molecule has 3 aliphatic heterocycles. The largest absolute Gasteiger partial charge is 0.465 e. The highest BCUT2D eigenvalue weighted by molar-refractivity contribution is 5.93. The molecule has 0 unspecified atom stereocenters. The van der Waals surface area contributed by atoms with Crippen LogP contribution in [-0.2, 0) is 6.54 Å². The molecule has 0 radical (unpaired) electrons. The number of rotatable bonds is 5. The van der Waals surface area contributed by atoms with Crippen molar-refractivity contribution in [2.45, 2.75) is 25.0 Å². The number of carbonyl (C=O) groups excluding carboxylic acids is 1. The molecule has 0 aliphatic carbocycles. The maximum atomic E-state index is 13.3. The highest BCUT2D eigenvalue weighted by atomic mass is 16.4. The molecule has 0 saturated carbocycles. The first-order valence-corrected chi connectivity index (χ1v) is 12.3. The van der Waals surface area contributed by atoms with Crippen LogP contribution in [0.3, 0.4) is 0 Å². The summed E-state index contributed by atoms with van der Waals surface area (Å²) >= 11 is 0. The van der Waals surface area contributed by atoms with Crippen LogP contribution in [0.2, 0.25) is 0 Å². The summed E-state index contributed by atoms with van der Waals surface area (Å²) in [5.74, 6) is 0.973. The van der Waals surface area contributed by atoms with E-state index in [1.165, 1.54) is 10.6 Å². The van der Waals surface area contributed by atoms with E-state index >= 15 is 0 Å². The van der Waals surface area contributed by atoms with Gasteiger partial charge in [0, 0.05) is 62.9 Å². The van der Waals surface area contributed by atoms with Crippen molar-refractivity contribution in [3.63, 3.8) is 0 Å². The second-order valence-electron chi connectivity index (χ2n) is 9.59. The lowest BCUT2D eigenvalue weighted by Crippen LogP contribution is -2.63. The molecule has 12 heteroatoms. The molecular weight excluding hydrogens is 462 g/mol. The van der Waals surface area contributed by atoms with E-state index in [-0.39, 0.29) is 18.1 Å². The van der Waals surface area contributed by atoms with Gasteiger partial charge in [-0.1, -0.05) is 0 Å². The van der Waals surface area contributed by atoms with Gasteiger partial charge in [0.05, 0.1) is 18.6 Å². The van der Waals surface area contributed by atoms with Gasteiger partial charge in [0.1, 0.15) is 5.82 Å². The fourth-order valence-corrected chi connectivity index (χ4v) is 5.13. The van der Waals surface area contributed by atoms with Crippen molar-refractivity contribution >= 4 is 35.3 Å². The number of nitrogens with zero attached hydrogens (tertiary/aromatic N) is 6. The molecule has 2 fully saturated rings. The van der Waals surface area contributed by atoms with E-state index < -0.39 is 6.09 Å². The summed E-state index contributed by atoms with van der Waals surface area (Å²) in [6.45, 7) is 5.67. The van der Waals surface area contributed by atoms with Crippen LogP contribution in [0.25, 0.3) is 0 Å². The van der Waals surface area contributed by atoms with E-state index in [9.17, 15) is 14.7 Å². The summed E-state index contributed by atoms with van der Waals surface area (Å²) in [6, 6.07) is 7.39. The van der Waals surface area contributed by atoms with Crippen molar-refractivity contribution in [2.24, 2.45) is 0 Å². The van der Waals surface area contributed by atoms with Crippen LogP contribution in [0, 0.1) is 0 Å². The summed E-state index contributed by atoms with van der Waals surface area (Å²) in [6.07, 6.45) is 1.30. The second kappa shape index (κ2) is 10.2. The fraction of sp³-hybridized carbons (Fsp3) is 0.500. The SMILES string of the molecule is CN1CCN(c2ccc(Nc3ncc4c(n3)N(C)C(=O)N([C@H]3CCNC[C@H]3NC(=O)O)C4)cc2)CC1. The minimum Gasteiger partial charge on any atom is -0.465 e. The average Bonchev–Trinajstić information content (AvgIpc) is 2.88. The Kier molecular flexibility index (Phi) is 6.79. The monoisotopic (exact) mass is 495 g/mol. The third-order valence-electron chi connectivity index (χ3n) is 7.18. The Morgan fingerprint density at radius 1 is 1.14 bits per heavy atom. The number of aromatic nitrogens is 2. The van der Waals surface area contributed by atoms with Crippen LogP contribution < -0.4 is 25.8 Å². The van der Waals surface area contributed by atoms with Gasteiger partial charge in [0.15, 0.2) is 0 Å². The van der Waals surface area contributed by atoms with Gasteiger partial charge in [-0.3, -0.25) is 4.90 Å². The van der Waals surface area contributed by atoms with Gasteiger partial charge in [-0.15, -0.1) is 0 Å². The van der Waals surface area contributed by atoms with E-state index in [2.05, 4.69) is 54.9 Å². The number of urea groups is 1. The molecule has 0 bridgehead atoms. The Morgan fingerprint density at radius 2 is 1.89 bits per heavy atom. The van der Waals surface area contributed by atoms with Crippen molar-refractivity contribution in [1.29, 1.82) is 0 Å². The number of carbonyl (C=O) groups is 2. The van der Waals surface area contributed by atoms with E-state index in [4.69, 9.17) is 0 Å². The molecule has 1 aromatic carbocycles. The van der Waals surface area contributed by atoms with Crippen LogP contribution in [0.4, 0.5) is 32.7 Å². The zero-order chi connectivity index (χ0) is 25.2. The number of anilines is 4. The van der Waals surface area contributed by atoms with Gasteiger partial charge in [-0.05, 0) is 44.3 Å². The number of benzene rings is 1. The quantitative estimate of drug-likeness (QED) is 0.486. The molecule has 5 rings (SSSR count). The highest BCUT2D eigenvalue weighted by Crippen LogP contribution is 2.30. The van der Waals surface area contributed by atoms with E-state index in [0.29, 0.717) is 31.3 Å². The molecule has 12 nitrogen and oxygen atoms in total. The number of hydrogen-bond acceptors (Lipinski definition) is 8. The van der Waals surface area contributed by atoms with Crippen LogP contribution >= 0.6 is 0 Å². The number of hydrogen-bond donors (Lipinski definition) is 4. The Morgan fingerprint density at radius 3 is 2.61 bits per heavy atom. The van der Waals surface area contributed by atoms with Crippen molar-refractivity contribution in [3.05, 3.63) is 36.0 Å². The topological polar surface area (TPSA) is 129 Å². The van der Waals surface area contributed by atoms with Crippen LogP contribution in [0.1, 0.15) is 12.0 Å². The smallest absolute Gasteiger partial charge is 0.404 e. The van der Waals surface area contributed by atoms with E-state index in [1.54, 1.807) is 18.1 Å². The molecule has 4 heterocycles. The Balaban J connectivity index is 1.28. The number of piperidine rings is 1. The maximum Gasteiger partial charge on any atom is 0.404 e. The fourth-order valence-electron chi connectivity index (χ4n) is 5.13. The number of likely N-dealkylation sites (N-methyl/N-ethyl adjacent to an activating group) is 1. The average molecular weight is 496 g/mol. The minimum absolute atomic E-state index is 0.201. The van der Waals surface area contributed by atoms with Gasteiger partial charge in [0.2, 0.25) is 5.95 Å². The molecule has 36 heavy (non-hydrogen) atoms. The molecule has 2 aromatic rings. The predicted molar refractivity (Wildman–Crippen MR) is 137 cm³/mol. The lowest BCUT2D eigenvalue weighted by molar-refractivity contribution is 0.129. The van der Waals surface area contributed by atoms with Crippen LogP contribution in [-0.4, -0.2) is 102 Å². The van der Waals surface area contributed by atoms with E-state index in [0.717, 1.165) is 44.0 Å². The predicted octanol–water partition coefficient (Wildman–Crippen LogP) is 1.34. The van der Waals surface area contributed by atoms with Crippen molar-refractivity contribution in [3.8, 4) is 0 Å². The lowest BCUT2D eigenvalue weighted by Gasteiger charge is -2.43. The Labute approximate surface area is 210 Å². The summed E-state index contributed by atoms with van der Waals surface area (Å²) in [5, 5.41) is 18.2. The molecule has 2 saturated heterocycles. The molecule has 3 aliphatic rings. The first-order chi connectivity index (χ1) is 17.4. The van der Waals surface area contributed by atoms with Crippen LogP contribution in [0.5, 0.6) is 0 Å². The zero-order valence-corrected chi connectivity index (χ0v) is 20.6. The molecule has 2 atom stereocenters. The molecule has 3 amide bonds. The number of fused-ring (bicyclic) bond motifs is 1. The third kappa shape index (κ3) is 5.00. The molecule has 192 valence electrons. The van der Waals surface area contributed by atoms with E-state index in [1.807, 2.05) is 12.1 Å². The molecule has 4 N–H and O–H groups in total. The van der Waals surface area contributed by atoms with Crippen molar-refractivity contribution in [1.82, 2.24) is 30.4 Å². The number of piperazine rings is 1. The van der Waals surface area contributed by atoms with Crippen molar-refractivity contribution < 1.29 is 14.7 Å². The maximum absolute atomic E-state index is 13.3. The van der Waals surface area contributed by atoms with Crippen molar-refractivity contribution in [2.75, 3.05) is 68.5 Å². The summed E-state index contributed by atoms with van der Waals surface area (Å²) in [7, 11) is 3.84. The summed E-state index contributed by atoms with van der Waals surface area (Å²) in [4.78, 5) is 41.6. The number of nitrogens with one attached hydrogen (secondary N) is 3. The minimum atomic E-state index is -1.09. The summed E-state index contributed by atoms with van der Waals surface area (Å²) in [5.41, 5.74) is 2.89. The first kappa shape index (κ1) is 24.1. The van der Waals surface area contributed by atoms with Gasteiger partial charge >= 0.3 is 12.1 Å². The Bertz CT molecular complexity index is 1100. The molecule has 1 aromatic heterocycles. The number of amides is 3. The van der Waals surface area contributed by atoms with Gasteiger partial charge in [-0.25, -0.2) is 14.6 Å². The molecule has 0 spiro atoms. The standard InChI is InChI=1S/C24H33N9O3/c1-30-9-11-32(12-10-30)18-5-3-17(4-6-18)27-22-26-13-16-15-33(24(36)31(2)21(16)29-22)20-7-8-25-14-19(20)28-23(34)35/h3-6,13,19-20,25,28H,7-12,14-15H2,1-2H3,(H,34,35)(H,26,27,29)/t19-,20+/m1/s1. The molecular formula is C24H33N9O3. The Hall–Kier alpha value is -3.64. The third-order valence-corrected chi connectivity index (χ3v) is 7.18. The number of carboxylic acid groups (broad SMARTS) is 1. The van der Waals surface area contributed by atoms with Crippen LogP contribution in [0.15, 0.2) is 30.5 Å². The summed E-state index contributed by atoms with van der Waals surface area (Å²) < 4.78 is 0. The normalized spacial score (nSPS) is 22.8. The van der Waals surface area contributed by atoms with Gasteiger partial charge < -0.3 is 35.8 Å². The van der Waals surface area contributed by atoms with Gasteiger partial charge in [0.25, 0.3) is 0 Å². The van der Waals surface area contributed by atoms with Gasteiger partial charge in [-0.2, -0.15) is 4.98 Å². The first-order valence-electron chi connectivity index (χ1n) is 12.3. The zero-order valence-electron chi connectivity index (χ0n) is 20.6. The highest BCUT2D eigenvalue weighted by Gasteiger charge is 2.39. The lowest BCUT2D eigenvalue weighted by atomic mass is 9.98. The second-order valence-corrected chi connectivity index (χ2v) is 9.59.